The Morgan fingerprint density at radius 3 is 1.18 bits per heavy atom. The van der Waals surface area contributed by atoms with Gasteiger partial charge in [0, 0.05) is 138 Å². The second-order valence-corrected chi connectivity index (χ2v) is 31.7. The fourth-order valence-electron chi connectivity index (χ4n) is 12.7. The van der Waals surface area contributed by atoms with E-state index in [1.807, 2.05) is 89.3 Å². The topological polar surface area (TPSA) is 618 Å². The summed E-state index contributed by atoms with van der Waals surface area (Å²) in [5.74, 6) is -6.80. The summed E-state index contributed by atoms with van der Waals surface area (Å²) in [4.78, 5) is 117. The van der Waals surface area contributed by atoms with Crippen molar-refractivity contribution >= 4 is 153 Å². The number of hydrogen-bond donors (Lipinski definition) is 11. The molecule has 15 rings (SSSR count). The first-order chi connectivity index (χ1) is 65.7. The van der Waals surface area contributed by atoms with Gasteiger partial charge in [-0.15, -0.1) is 12.4 Å². The van der Waals surface area contributed by atoms with Gasteiger partial charge in [0.1, 0.15) is 55.2 Å². The number of aliphatic hydroxyl groups is 2. The van der Waals surface area contributed by atoms with E-state index in [4.69, 9.17) is 121 Å². The number of aromatic carboxylic acids is 1. The van der Waals surface area contributed by atoms with Gasteiger partial charge in [-0.2, -0.15) is 20.4 Å². The van der Waals surface area contributed by atoms with Gasteiger partial charge in [0.25, 0.3) is 17.7 Å². The van der Waals surface area contributed by atoms with Crippen molar-refractivity contribution in [2.24, 2.45) is 65.2 Å². The molecule has 12 aromatic heterocycles. The van der Waals surface area contributed by atoms with E-state index in [0.717, 1.165) is 22.3 Å². The normalized spacial score (nSPS) is 11.3. The van der Waals surface area contributed by atoms with E-state index < -0.39 is 84.7 Å². The van der Waals surface area contributed by atoms with Crippen LogP contribution >= 0.6 is 81.4 Å². The van der Waals surface area contributed by atoms with Crippen molar-refractivity contribution < 1.29 is 149 Å². The van der Waals surface area contributed by atoms with Crippen LogP contribution in [-0.2, 0) is 94.9 Å². The van der Waals surface area contributed by atoms with Crippen molar-refractivity contribution in [3.05, 3.63) is 302 Å². The Labute approximate surface area is 867 Å². The van der Waals surface area contributed by atoms with E-state index in [9.17, 15) is 58.2 Å². The SMILES string of the molecule is CCOC(=O)c1cn(C)nc1-c1ccoc1.CCOC(=O)c1cn(C)nc1-c1ccoc1Cl.CCOC(=O)c1cn(C)nc1I.Cl.Cn1cc(C(=O)NC(Cc2ccccc2)C(=O)C(N)=O)c(-c2ccoc2Cl)c1.Cn1cc(C(=O)NC(Cc2ccccc2)C(O)C(N)=O)c(-c2ccoc2Cl)c1.Cn1cc(C(=O)O)c(-c2ccoc2Cl)n1.NC(=O)C(O)C(N)Cc1ccccc1.OB(O)c1ccoc1.[Na+].[OH-]. The molecule has 5 amide bonds. The van der Waals surface area contributed by atoms with Crippen LogP contribution in [-0.4, -0.2) is 196 Å². The summed E-state index contributed by atoms with van der Waals surface area (Å²) in [5.41, 5.74) is 31.4. The van der Waals surface area contributed by atoms with Crippen molar-refractivity contribution in [3.8, 4) is 56.0 Å². The Balaban J connectivity index is 0.000000291. The molecule has 12 heterocycles. The minimum Gasteiger partial charge on any atom is -0.870 e. The van der Waals surface area contributed by atoms with Crippen LogP contribution in [0.15, 0.2) is 254 Å². The average Bonchev–Trinajstić information content (AvgIpc) is 1.66. The zero-order valence-electron chi connectivity index (χ0n) is 77.1. The van der Waals surface area contributed by atoms with Crippen LogP contribution in [0.5, 0.6) is 0 Å². The van der Waals surface area contributed by atoms with Crippen molar-refractivity contribution in [1.82, 2.24) is 58.9 Å². The predicted octanol–water partition coefficient (Wildman–Crippen LogP) is 7.67. The quantitative estimate of drug-likeness (QED) is 0.00704. The Bertz CT molecular complexity index is 6530. The number of Topliss-reactive ketones (excluding diaryl/α,β-unsaturated/α-hetero) is 1. The van der Waals surface area contributed by atoms with Gasteiger partial charge in [0.05, 0.1) is 98.2 Å². The molecule has 0 aliphatic carbocycles. The molecular formula is C92H98BCl5IN16NaO25. The number of furan rings is 6. The number of nitrogens with one attached hydrogen (secondary N) is 2. The first-order valence-corrected chi connectivity index (χ1v) is 43.8. The fraction of sp³-hybridized carbons (Fsp3) is 0.217. The number of benzene rings is 3. The van der Waals surface area contributed by atoms with E-state index in [-0.39, 0.29) is 98.7 Å². The third-order valence-electron chi connectivity index (χ3n) is 19.0. The molecule has 5 unspecified atom stereocenters. The molecule has 5 atom stereocenters. The minimum absolute atomic E-state index is 0. The smallest absolute Gasteiger partial charge is 0.870 e. The fourth-order valence-corrected chi connectivity index (χ4v) is 14.2. The van der Waals surface area contributed by atoms with Crippen LogP contribution in [0.4, 0.5) is 0 Å². The number of rotatable bonds is 29. The average molecular weight is 2170 g/mol. The molecule has 0 aliphatic rings. The summed E-state index contributed by atoms with van der Waals surface area (Å²) in [6.45, 7) is 6.35. The third kappa shape index (κ3) is 34.8. The van der Waals surface area contributed by atoms with Crippen molar-refractivity contribution in [2.75, 3.05) is 19.8 Å². The Hall–Kier alpha value is -13.4. The molecule has 0 spiro atoms. The largest absolute Gasteiger partial charge is 1.00 e. The molecule has 0 radical (unpaired) electrons. The Morgan fingerprint density at radius 1 is 0.447 bits per heavy atom. The molecule has 141 heavy (non-hydrogen) atoms. The van der Waals surface area contributed by atoms with E-state index >= 15 is 0 Å². The minimum atomic E-state index is -1.53. The van der Waals surface area contributed by atoms with Crippen LogP contribution in [0.25, 0.3) is 56.0 Å². The Kier molecular flexibility index (Phi) is 48.6. The number of carbonyl (C=O) groups is 10. The van der Waals surface area contributed by atoms with Gasteiger partial charge < -0.3 is 114 Å². The molecule has 0 saturated carbocycles. The predicted molar refractivity (Wildman–Crippen MR) is 523 cm³/mol. The number of carbonyl (C=O) groups excluding carboxylic acids is 9. The van der Waals surface area contributed by atoms with Gasteiger partial charge in [-0.1, -0.05) is 91.0 Å². The summed E-state index contributed by atoms with van der Waals surface area (Å²) in [6.07, 6.45) is 22.4. The van der Waals surface area contributed by atoms with Crippen LogP contribution in [0, 0.1) is 3.70 Å². The molecule has 0 fully saturated rings. The Morgan fingerprint density at radius 2 is 0.816 bits per heavy atom. The first kappa shape index (κ1) is 118. The molecule has 41 nitrogen and oxygen atoms in total. The third-order valence-corrected chi connectivity index (χ3v) is 21.0. The van der Waals surface area contributed by atoms with Crippen molar-refractivity contribution in [2.45, 2.75) is 70.4 Å². The van der Waals surface area contributed by atoms with E-state index in [1.54, 1.807) is 192 Å². The number of esters is 3. The maximum absolute atomic E-state index is 13.0. The van der Waals surface area contributed by atoms with E-state index in [1.165, 1.54) is 59.2 Å². The molecule has 15 aromatic rings. The second-order valence-electron chi connectivity index (χ2n) is 29.3. The molecule has 3 aromatic carbocycles. The molecule has 0 bridgehead atoms. The summed E-state index contributed by atoms with van der Waals surface area (Å²) < 4.78 is 54.6. The first-order valence-electron chi connectivity index (χ1n) is 41.2. The van der Waals surface area contributed by atoms with Crippen LogP contribution in [0.2, 0.25) is 20.9 Å². The maximum atomic E-state index is 13.0. The number of nitrogens with two attached hydrogens (primary N) is 4. The van der Waals surface area contributed by atoms with E-state index in [2.05, 4.69) is 35.4 Å². The number of aryl methyl sites for hydroxylation is 6. The zero-order chi connectivity index (χ0) is 101. The molecule has 0 saturated heterocycles. The summed E-state index contributed by atoms with van der Waals surface area (Å²) in [5, 5.41) is 67.7. The molecule has 49 heteroatoms. The number of halogens is 6. The van der Waals surface area contributed by atoms with Crippen molar-refractivity contribution in [3.63, 3.8) is 0 Å². The zero-order valence-corrected chi connectivity index (χ0v) is 85.1. The molecule has 742 valence electrons. The van der Waals surface area contributed by atoms with Crippen LogP contribution < -0.4 is 68.6 Å². The number of nitrogens with zero attached hydrogens (tertiary/aromatic N) is 10. The number of amides is 5. The number of carboxylic acid groups (broad SMARTS) is 1. The second kappa shape index (κ2) is 58.0. The maximum Gasteiger partial charge on any atom is 1.00 e. The summed E-state index contributed by atoms with van der Waals surface area (Å²) in [6, 6.07) is 34.8. The summed E-state index contributed by atoms with van der Waals surface area (Å²) >= 11 is 25.7. The van der Waals surface area contributed by atoms with Crippen LogP contribution in [0.1, 0.15) is 99.6 Å². The monoisotopic (exact) mass is 2160 g/mol. The number of hydrogen-bond acceptors (Lipinski definition) is 29. The number of ketones is 1. The van der Waals surface area contributed by atoms with Gasteiger partial charge in [-0.3, -0.25) is 47.5 Å². The van der Waals surface area contributed by atoms with Gasteiger partial charge in [0.2, 0.25) is 38.5 Å². The van der Waals surface area contributed by atoms with Crippen molar-refractivity contribution in [1.29, 1.82) is 0 Å². The number of ether oxygens (including phenoxy) is 3. The standard InChI is InChI=1S/C20H20ClN3O4.C20H18ClN3O4.C11H11ClN2O3.C11H12N2O3.C10H14N2O2.C9H7ClN2O3.C7H9IN2O2.C4H5BO3.ClH.Na.H2O/c2*1-24-10-14(13-7-8-28-18(13)21)15(11-24)20(27)23-16(17(25)19(22)26)9-12-5-3-2-4-6-12;1-3-16-11(15)8-6-14(2)13-9(8)7-4-5-17-10(7)12;1-3-16-11(14)9-6-13(2)12-10(9)8-4-5-15-7-8;11-8(9(13)10(12)14)6-7-4-2-1-3-5-7;1-12-4-6(9(13)14)7(11-12)5-2-3-15-8(5)10;1-3-12-7(11)5-4-10(2)9-6(5)8;6-5(7)4-1-2-8-3-4;;;/h2-8,10-11,16-17,25H,9H2,1H3,(H2,22,26)(H,23,27);2-8,10-11,16H,9H2,1H3,(H2,22,26)(H,23,27);4-6H,3H2,1-2H3;4-7H,3H2,1-2H3;1-5,8-9,13H,6,11H2,(H2,12,14);2-4H,1H3,(H,13,14);4H,3H2,1-2H3;1-3,6-7H;1H;;1H2/q;;;;;;;;;+1;/p-1. The van der Waals surface area contributed by atoms with Gasteiger partial charge in [0.15, 0.2) is 6.10 Å². The van der Waals surface area contributed by atoms with Gasteiger partial charge in [-0.25, -0.2) is 19.2 Å². The molecule has 16 N–H and O–H groups in total. The summed E-state index contributed by atoms with van der Waals surface area (Å²) in [7, 11) is 9.01. The number of primary amides is 3. The van der Waals surface area contributed by atoms with Gasteiger partial charge in [-0.05, 0) is 156 Å². The number of aliphatic hydroxyl groups excluding tert-OH is 2. The number of aromatic nitrogens is 10. The van der Waals surface area contributed by atoms with Gasteiger partial charge >= 0.3 is 60.6 Å². The van der Waals surface area contributed by atoms with E-state index in [0.29, 0.717) is 114 Å². The molecular weight excluding hydrogens is 2070 g/mol. The van der Waals surface area contributed by atoms with Crippen LogP contribution in [0.3, 0.4) is 0 Å². The number of carboxylic acids is 1. The molecule has 0 aliphatic heterocycles.